The number of benzene rings is 3. The van der Waals surface area contributed by atoms with Gasteiger partial charge in [-0.25, -0.2) is 9.45 Å². The molecule has 7 nitrogen and oxygen atoms in total. The number of carbonyl (C=O) groups is 3. The van der Waals surface area contributed by atoms with Crippen LogP contribution in [0.15, 0.2) is 78.9 Å². The fourth-order valence-corrected chi connectivity index (χ4v) is 4.00. The molecular formula is C30H34FN3O4. The van der Waals surface area contributed by atoms with Gasteiger partial charge in [0, 0.05) is 11.1 Å². The van der Waals surface area contributed by atoms with Crippen LogP contribution < -0.4 is 10.6 Å². The van der Waals surface area contributed by atoms with Crippen molar-refractivity contribution < 1.29 is 23.6 Å². The average molecular weight is 520 g/mol. The lowest BCUT2D eigenvalue weighted by Gasteiger charge is -2.23. The Morgan fingerprint density at radius 1 is 0.974 bits per heavy atom. The topological polar surface area (TPSA) is 87.7 Å². The van der Waals surface area contributed by atoms with E-state index in [0.717, 1.165) is 29.9 Å². The van der Waals surface area contributed by atoms with Crippen LogP contribution in [0.2, 0.25) is 0 Å². The Hall–Kier alpha value is -4.04. The second-order valence-electron chi connectivity index (χ2n) is 8.94. The molecule has 3 aromatic carbocycles. The van der Waals surface area contributed by atoms with Crippen LogP contribution in [0.25, 0.3) is 11.1 Å². The lowest BCUT2D eigenvalue weighted by molar-refractivity contribution is -0.182. The lowest BCUT2D eigenvalue weighted by atomic mass is 10.00. The Kier molecular flexibility index (Phi) is 11.5. The van der Waals surface area contributed by atoms with E-state index in [9.17, 15) is 18.8 Å². The maximum atomic E-state index is 14.2. The highest BCUT2D eigenvalue weighted by Crippen LogP contribution is 2.23. The number of rotatable bonds is 15. The second-order valence-corrected chi connectivity index (χ2v) is 8.94. The number of hydroxylamine groups is 2. The maximum Gasteiger partial charge on any atom is 0.252 e. The van der Waals surface area contributed by atoms with Gasteiger partial charge in [-0.2, -0.15) is 0 Å². The largest absolute Gasteiger partial charge is 0.338 e. The highest BCUT2D eigenvalue weighted by Gasteiger charge is 2.22. The van der Waals surface area contributed by atoms with Crippen molar-refractivity contribution >= 4 is 18.2 Å². The fourth-order valence-electron chi connectivity index (χ4n) is 4.00. The van der Waals surface area contributed by atoms with E-state index >= 15 is 0 Å². The molecule has 0 aliphatic heterocycles. The summed E-state index contributed by atoms with van der Waals surface area (Å²) in [5.41, 5.74) is 2.24. The molecule has 0 heterocycles. The Bertz CT molecular complexity index is 1190. The fraction of sp³-hybridized carbons (Fsp3) is 0.300. The Morgan fingerprint density at radius 2 is 1.74 bits per heavy atom. The van der Waals surface area contributed by atoms with E-state index in [2.05, 4.69) is 17.6 Å². The number of carbonyl (C=O) groups excluding carboxylic acids is 3. The van der Waals surface area contributed by atoms with Gasteiger partial charge in [0.05, 0.1) is 19.1 Å². The molecule has 38 heavy (non-hydrogen) atoms. The number of hydrogen-bond donors (Lipinski definition) is 2. The first-order chi connectivity index (χ1) is 18.5. The van der Waals surface area contributed by atoms with Gasteiger partial charge >= 0.3 is 0 Å². The molecule has 1 atom stereocenters. The van der Waals surface area contributed by atoms with Crippen molar-refractivity contribution in [3.05, 3.63) is 95.8 Å². The van der Waals surface area contributed by atoms with Crippen molar-refractivity contribution in [2.24, 2.45) is 5.92 Å². The quantitative estimate of drug-likeness (QED) is 0.127. The van der Waals surface area contributed by atoms with Gasteiger partial charge in [-0.15, -0.1) is 0 Å². The van der Waals surface area contributed by atoms with Gasteiger partial charge in [-0.1, -0.05) is 86.8 Å². The molecule has 3 aromatic rings. The molecule has 1 unspecified atom stereocenters. The zero-order valence-corrected chi connectivity index (χ0v) is 21.6. The molecule has 0 spiro atoms. The standard InChI is InChI=1S/C30H34FN3O4/c1-2-3-5-13-26(19-34(22-35)38-20-23-11-6-4-7-12-23)30(37)33-21-32-29(36)25-15-10-14-24(18-25)27-16-8-9-17-28(27)31/h4,6-12,14-18,22,26H,2-3,5,13,19-21H2,1H3,(H,32,36)(H,33,37). The molecule has 8 heteroatoms. The Labute approximate surface area is 223 Å². The van der Waals surface area contributed by atoms with Gasteiger partial charge in [0.25, 0.3) is 5.91 Å². The molecule has 0 radical (unpaired) electrons. The van der Waals surface area contributed by atoms with Crippen molar-refractivity contribution in [2.75, 3.05) is 13.2 Å². The smallest absolute Gasteiger partial charge is 0.252 e. The van der Waals surface area contributed by atoms with E-state index in [4.69, 9.17) is 4.84 Å². The highest BCUT2D eigenvalue weighted by atomic mass is 19.1. The molecule has 0 fully saturated rings. The Morgan fingerprint density at radius 3 is 2.47 bits per heavy atom. The minimum absolute atomic E-state index is 0.0855. The summed E-state index contributed by atoms with van der Waals surface area (Å²) in [5, 5.41) is 6.57. The van der Waals surface area contributed by atoms with Gasteiger partial charge in [-0.3, -0.25) is 19.2 Å². The minimum atomic E-state index is -0.496. The number of hydrogen-bond acceptors (Lipinski definition) is 4. The normalized spacial score (nSPS) is 11.4. The molecule has 2 N–H and O–H groups in total. The van der Waals surface area contributed by atoms with Crippen molar-refractivity contribution in [2.45, 2.75) is 39.2 Å². The third-order valence-electron chi connectivity index (χ3n) is 6.11. The van der Waals surface area contributed by atoms with Crippen LogP contribution in [-0.4, -0.2) is 36.5 Å². The van der Waals surface area contributed by atoms with Gasteiger partial charge in [0.2, 0.25) is 12.3 Å². The molecule has 3 rings (SSSR count). The van der Waals surface area contributed by atoms with Crippen molar-refractivity contribution in [1.29, 1.82) is 0 Å². The van der Waals surface area contributed by atoms with Gasteiger partial charge in [-0.05, 0) is 35.7 Å². The van der Waals surface area contributed by atoms with E-state index in [1.165, 1.54) is 6.07 Å². The SMILES string of the molecule is CCCCCC(CN(C=O)OCc1ccccc1)C(=O)NCNC(=O)c1cccc(-c2ccccc2F)c1. The van der Waals surface area contributed by atoms with Crippen LogP contribution in [0.5, 0.6) is 0 Å². The number of halogens is 1. The van der Waals surface area contributed by atoms with Crippen molar-refractivity contribution in [1.82, 2.24) is 15.7 Å². The summed E-state index contributed by atoms with van der Waals surface area (Å²) >= 11 is 0. The molecular weight excluding hydrogens is 485 g/mol. The van der Waals surface area contributed by atoms with Gasteiger partial charge < -0.3 is 10.6 Å². The summed E-state index contributed by atoms with van der Waals surface area (Å²) in [7, 11) is 0. The second kappa shape index (κ2) is 15.3. The van der Waals surface area contributed by atoms with Crippen molar-refractivity contribution in [3.8, 4) is 11.1 Å². The van der Waals surface area contributed by atoms with Crippen LogP contribution in [0.3, 0.4) is 0 Å². The van der Waals surface area contributed by atoms with Crippen LogP contribution in [-0.2, 0) is 21.0 Å². The Balaban J connectivity index is 1.55. The summed E-state index contributed by atoms with van der Waals surface area (Å²) in [5.74, 6) is -1.55. The predicted molar refractivity (Wildman–Crippen MR) is 144 cm³/mol. The van der Waals surface area contributed by atoms with E-state index in [-0.39, 0.29) is 31.5 Å². The molecule has 0 aromatic heterocycles. The number of amides is 3. The van der Waals surface area contributed by atoms with E-state index in [1.807, 2.05) is 30.3 Å². The molecule has 0 saturated heterocycles. The van der Waals surface area contributed by atoms with E-state index < -0.39 is 11.8 Å². The molecule has 3 amide bonds. The predicted octanol–water partition coefficient (Wildman–Crippen LogP) is 5.08. The molecule has 0 aliphatic carbocycles. The maximum absolute atomic E-state index is 14.2. The van der Waals surface area contributed by atoms with Gasteiger partial charge in [0.15, 0.2) is 0 Å². The summed E-state index contributed by atoms with van der Waals surface area (Å²) in [6, 6.07) is 22.5. The lowest BCUT2D eigenvalue weighted by Crippen LogP contribution is -2.43. The summed E-state index contributed by atoms with van der Waals surface area (Å²) in [4.78, 5) is 42.9. The van der Waals surface area contributed by atoms with E-state index in [1.54, 1.807) is 42.5 Å². The summed E-state index contributed by atoms with van der Waals surface area (Å²) in [6.07, 6.45) is 3.95. The van der Waals surface area contributed by atoms with Crippen LogP contribution in [0.1, 0.15) is 48.5 Å². The highest BCUT2D eigenvalue weighted by molar-refractivity contribution is 5.95. The summed E-state index contributed by atoms with van der Waals surface area (Å²) < 4.78 is 14.2. The zero-order valence-electron chi connectivity index (χ0n) is 21.6. The monoisotopic (exact) mass is 519 g/mol. The third kappa shape index (κ3) is 8.81. The average Bonchev–Trinajstić information content (AvgIpc) is 2.95. The third-order valence-corrected chi connectivity index (χ3v) is 6.11. The number of nitrogens with zero attached hydrogens (tertiary/aromatic N) is 1. The van der Waals surface area contributed by atoms with Crippen LogP contribution in [0.4, 0.5) is 4.39 Å². The first-order valence-corrected chi connectivity index (χ1v) is 12.8. The first kappa shape index (κ1) is 28.5. The first-order valence-electron chi connectivity index (χ1n) is 12.8. The molecule has 200 valence electrons. The molecule has 0 saturated carbocycles. The number of unbranched alkanes of at least 4 members (excludes halogenated alkanes) is 2. The molecule has 0 bridgehead atoms. The molecule has 0 aliphatic rings. The van der Waals surface area contributed by atoms with Crippen LogP contribution >= 0.6 is 0 Å². The zero-order chi connectivity index (χ0) is 27.2. The number of nitrogens with one attached hydrogen (secondary N) is 2. The summed E-state index contributed by atoms with van der Waals surface area (Å²) in [6.45, 7) is 2.31. The van der Waals surface area contributed by atoms with Gasteiger partial charge in [0.1, 0.15) is 12.4 Å². The van der Waals surface area contributed by atoms with Crippen molar-refractivity contribution in [3.63, 3.8) is 0 Å². The van der Waals surface area contributed by atoms with Crippen LogP contribution in [0, 0.1) is 11.7 Å². The minimum Gasteiger partial charge on any atom is -0.338 e. The van der Waals surface area contributed by atoms with E-state index in [0.29, 0.717) is 29.5 Å².